The van der Waals surface area contributed by atoms with Crippen molar-refractivity contribution >= 4 is 29.0 Å². The molecule has 2 heterocycles. The molecule has 32 heavy (non-hydrogen) atoms. The molecule has 4 rings (SSSR count). The zero-order valence-corrected chi connectivity index (χ0v) is 18.8. The van der Waals surface area contributed by atoms with Crippen LogP contribution in [0.25, 0.3) is 0 Å². The lowest BCUT2D eigenvalue weighted by Gasteiger charge is -2.37. The van der Waals surface area contributed by atoms with E-state index < -0.39 is 0 Å². The molecule has 2 aromatic carbocycles. The fourth-order valence-corrected chi connectivity index (χ4v) is 4.53. The number of rotatable bonds is 6. The number of benzene rings is 2. The predicted molar refractivity (Wildman–Crippen MR) is 125 cm³/mol. The summed E-state index contributed by atoms with van der Waals surface area (Å²) in [5, 5.41) is 7.81. The van der Waals surface area contributed by atoms with Crippen molar-refractivity contribution < 1.29 is 19.1 Å². The van der Waals surface area contributed by atoms with Gasteiger partial charge in [0.25, 0.3) is 5.91 Å². The summed E-state index contributed by atoms with van der Waals surface area (Å²) in [6.07, 6.45) is 0.674. The summed E-state index contributed by atoms with van der Waals surface area (Å²) in [4.78, 5) is 28.2. The van der Waals surface area contributed by atoms with Crippen molar-refractivity contribution in [3.05, 3.63) is 76.0 Å². The Morgan fingerprint density at radius 3 is 2.50 bits per heavy atom. The molecular weight excluding hydrogens is 426 g/mol. The van der Waals surface area contributed by atoms with E-state index in [1.165, 1.54) is 11.3 Å². The number of carbonyl (C=O) groups is 2. The summed E-state index contributed by atoms with van der Waals surface area (Å²) in [7, 11) is 3.19. The SMILES string of the molecule is COc1cc2c(cc1OC)[C@H](CNC(=O)c1cccs1)N(C(=O)Nc1ccccc1)CC2. The van der Waals surface area contributed by atoms with Gasteiger partial charge >= 0.3 is 6.03 Å². The average Bonchev–Trinajstić information content (AvgIpc) is 3.37. The van der Waals surface area contributed by atoms with E-state index in [0.29, 0.717) is 29.3 Å². The van der Waals surface area contributed by atoms with Gasteiger partial charge in [0.05, 0.1) is 25.1 Å². The minimum Gasteiger partial charge on any atom is -0.493 e. The van der Waals surface area contributed by atoms with Crippen LogP contribution in [-0.4, -0.2) is 44.1 Å². The molecule has 2 N–H and O–H groups in total. The number of nitrogens with zero attached hydrogens (tertiary/aromatic N) is 1. The average molecular weight is 452 g/mol. The van der Waals surface area contributed by atoms with E-state index in [1.807, 2.05) is 53.9 Å². The highest BCUT2D eigenvalue weighted by Gasteiger charge is 2.32. The maximum absolute atomic E-state index is 13.2. The number of urea groups is 1. The molecule has 3 amide bonds. The summed E-state index contributed by atoms with van der Waals surface area (Å²) in [6, 6.07) is 16.2. The van der Waals surface area contributed by atoms with Crippen molar-refractivity contribution in [1.82, 2.24) is 10.2 Å². The lowest BCUT2D eigenvalue weighted by Crippen LogP contribution is -2.46. The van der Waals surface area contributed by atoms with Gasteiger partial charge in [-0.15, -0.1) is 11.3 Å². The molecule has 0 radical (unpaired) electrons. The van der Waals surface area contributed by atoms with Gasteiger partial charge < -0.3 is 25.0 Å². The number of fused-ring (bicyclic) bond motifs is 1. The highest BCUT2D eigenvalue weighted by Crippen LogP contribution is 2.38. The highest BCUT2D eigenvalue weighted by molar-refractivity contribution is 7.12. The molecule has 8 heteroatoms. The van der Waals surface area contributed by atoms with Gasteiger partial charge in [0.1, 0.15) is 0 Å². The van der Waals surface area contributed by atoms with E-state index in [0.717, 1.165) is 16.8 Å². The van der Waals surface area contributed by atoms with Crippen LogP contribution in [-0.2, 0) is 6.42 Å². The summed E-state index contributed by atoms with van der Waals surface area (Å²) in [5.41, 5.74) is 2.72. The molecule has 7 nitrogen and oxygen atoms in total. The largest absolute Gasteiger partial charge is 0.493 e. The van der Waals surface area contributed by atoms with Crippen molar-refractivity contribution in [2.75, 3.05) is 32.6 Å². The van der Waals surface area contributed by atoms with E-state index in [-0.39, 0.29) is 24.5 Å². The van der Waals surface area contributed by atoms with E-state index in [2.05, 4.69) is 10.6 Å². The highest BCUT2D eigenvalue weighted by atomic mass is 32.1. The van der Waals surface area contributed by atoms with Gasteiger partial charge in [-0.25, -0.2) is 4.79 Å². The van der Waals surface area contributed by atoms with Crippen molar-refractivity contribution in [3.8, 4) is 11.5 Å². The molecular formula is C24H25N3O4S. The number of hydrogen-bond donors (Lipinski definition) is 2. The first-order valence-electron chi connectivity index (χ1n) is 10.3. The number of carbonyl (C=O) groups excluding carboxylic acids is 2. The first-order valence-corrected chi connectivity index (χ1v) is 11.2. The molecule has 166 valence electrons. The van der Waals surface area contributed by atoms with Crippen LogP contribution in [0.1, 0.15) is 26.8 Å². The standard InChI is InChI=1S/C24H25N3O4S/c1-30-20-13-16-10-11-27(24(29)26-17-7-4-3-5-8-17)19(18(16)14-21(20)31-2)15-25-23(28)22-9-6-12-32-22/h3-9,12-14,19H,10-11,15H2,1-2H3,(H,25,28)(H,26,29)/t19-/m0/s1. The molecule has 1 aromatic heterocycles. The minimum atomic E-state index is -0.355. The Kier molecular flexibility index (Phi) is 6.61. The number of para-hydroxylation sites is 1. The van der Waals surface area contributed by atoms with Crippen molar-refractivity contribution in [3.63, 3.8) is 0 Å². The van der Waals surface area contributed by atoms with Crippen molar-refractivity contribution in [2.45, 2.75) is 12.5 Å². The third kappa shape index (κ3) is 4.55. The minimum absolute atomic E-state index is 0.156. The van der Waals surface area contributed by atoms with Gasteiger partial charge in [0, 0.05) is 18.8 Å². The Morgan fingerprint density at radius 2 is 1.81 bits per heavy atom. The second-order valence-electron chi connectivity index (χ2n) is 7.35. The Morgan fingerprint density at radius 1 is 1.06 bits per heavy atom. The smallest absolute Gasteiger partial charge is 0.322 e. The molecule has 3 aromatic rings. The summed E-state index contributed by atoms with van der Waals surface area (Å²) >= 11 is 1.38. The fraction of sp³-hybridized carbons (Fsp3) is 0.250. The molecule has 1 aliphatic heterocycles. The number of amides is 3. The lowest BCUT2D eigenvalue weighted by atomic mass is 9.91. The third-order valence-electron chi connectivity index (χ3n) is 5.49. The molecule has 1 atom stereocenters. The molecule has 0 fully saturated rings. The van der Waals surface area contributed by atoms with Gasteiger partial charge in [0.2, 0.25) is 0 Å². The molecule has 0 bridgehead atoms. The van der Waals surface area contributed by atoms with Crippen molar-refractivity contribution in [2.24, 2.45) is 0 Å². The first kappa shape index (κ1) is 21.7. The predicted octanol–water partition coefficient (Wildman–Crippen LogP) is 4.33. The van der Waals surface area contributed by atoms with Crippen LogP contribution in [0.3, 0.4) is 0 Å². The molecule has 0 spiro atoms. The van der Waals surface area contributed by atoms with Crippen LogP contribution in [0.4, 0.5) is 10.5 Å². The number of thiophene rings is 1. The molecule has 1 aliphatic rings. The summed E-state index contributed by atoms with van der Waals surface area (Å²) in [6.45, 7) is 0.794. The van der Waals surface area contributed by atoms with Crippen LogP contribution < -0.4 is 20.1 Å². The van der Waals surface area contributed by atoms with E-state index in [4.69, 9.17) is 9.47 Å². The number of hydrogen-bond acceptors (Lipinski definition) is 5. The number of anilines is 1. The van der Waals surface area contributed by atoms with Crippen LogP contribution in [0.5, 0.6) is 11.5 Å². The topological polar surface area (TPSA) is 79.9 Å². The number of methoxy groups -OCH3 is 2. The lowest BCUT2D eigenvalue weighted by molar-refractivity contribution is 0.0940. The maximum Gasteiger partial charge on any atom is 0.322 e. The molecule has 0 aliphatic carbocycles. The third-order valence-corrected chi connectivity index (χ3v) is 6.36. The number of nitrogens with one attached hydrogen (secondary N) is 2. The Labute approximate surface area is 191 Å². The Balaban J connectivity index is 1.63. The maximum atomic E-state index is 13.2. The quantitative estimate of drug-likeness (QED) is 0.585. The van der Waals surface area contributed by atoms with Crippen LogP contribution >= 0.6 is 11.3 Å². The van der Waals surface area contributed by atoms with Gasteiger partial charge in [-0.05, 0) is 53.3 Å². The summed E-state index contributed by atoms with van der Waals surface area (Å²) in [5.74, 6) is 1.08. The molecule has 0 saturated carbocycles. The summed E-state index contributed by atoms with van der Waals surface area (Å²) < 4.78 is 10.9. The second-order valence-corrected chi connectivity index (χ2v) is 8.30. The normalized spacial score (nSPS) is 14.9. The van der Waals surface area contributed by atoms with Gasteiger partial charge in [-0.3, -0.25) is 4.79 Å². The van der Waals surface area contributed by atoms with Gasteiger partial charge in [-0.1, -0.05) is 24.3 Å². The van der Waals surface area contributed by atoms with Crippen molar-refractivity contribution in [1.29, 1.82) is 0 Å². The second kappa shape index (κ2) is 9.74. The molecule has 0 unspecified atom stereocenters. The molecule has 0 saturated heterocycles. The van der Waals surface area contributed by atoms with E-state index in [9.17, 15) is 9.59 Å². The number of ether oxygens (including phenoxy) is 2. The van der Waals surface area contributed by atoms with Crippen LogP contribution in [0.15, 0.2) is 60.0 Å². The van der Waals surface area contributed by atoms with Crippen LogP contribution in [0.2, 0.25) is 0 Å². The Hall–Kier alpha value is -3.52. The van der Waals surface area contributed by atoms with Gasteiger partial charge in [-0.2, -0.15) is 0 Å². The van der Waals surface area contributed by atoms with Crippen LogP contribution in [0, 0.1) is 0 Å². The zero-order chi connectivity index (χ0) is 22.5. The fourth-order valence-electron chi connectivity index (χ4n) is 3.89. The van der Waals surface area contributed by atoms with Gasteiger partial charge in [0.15, 0.2) is 11.5 Å². The Bertz CT molecular complexity index is 1090. The first-order chi connectivity index (χ1) is 15.6. The zero-order valence-electron chi connectivity index (χ0n) is 18.0. The monoisotopic (exact) mass is 451 g/mol. The van der Waals surface area contributed by atoms with E-state index in [1.54, 1.807) is 25.2 Å². The van der Waals surface area contributed by atoms with E-state index >= 15 is 0 Å².